The van der Waals surface area contributed by atoms with Crippen molar-refractivity contribution in [1.29, 1.82) is 0 Å². The van der Waals surface area contributed by atoms with Gasteiger partial charge in [-0.3, -0.25) is 4.79 Å². The molecule has 22 heavy (non-hydrogen) atoms. The molecule has 2 rings (SSSR count). The molecule has 1 atom stereocenters. The van der Waals surface area contributed by atoms with Crippen LogP contribution in [-0.4, -0.2) is 17.0 Å². The smallest absolute Gasteiger partial charge is 0.406 e. The van der Waals surface area contributed by atoms with E-state index in [0.29, 0.717) is 17.0 Å². The molecular weight excluding hydrogens is 319 g/mol. The molecule has 116 valence electrons. The Labute approximate surface area is 126 Å². The zero-order valence-corrected chi connectivity index (χ0v) is 11.8. The van der Waals surface area contributed by atoms with Gasteiger partial charge in [0.05, 0.1) is 10.8 Å². The zero-order valence-electron chi connectivity index (χ0n) is 11.0. The van der Waals surface area contributed by atoms with Crippen molar-refractivity contribution in [2.75, 3.05) is 5.32 Å². The van der Waals surface area contributed by atoms with E-state index in [0.717, 1.165) is 12.1 Å². The Morgan fingerprint density at radius 2 is 1.73 bits per heavy atom. The molecule has 1 N–H and O–H groups in total. The van der Waals surface area contributed by atoms with Gasteiger partial charge in [-0.25, -0.2) is 4.21 Å². The second-order valence-electron chi connectivity index (χ2n) is 4.08. The van der Waals surface area contributed by atoms with Crippen LogP contribution in [0.3, 0.4) is 0 Å². The van der Waals surface area contributed by atoms with Crippen molar-refractivity contribution < 1.29 is 26.9 Å². The number of benzene rings is 2. The van der Waals surface area contributed by atoms with Gasteiger partial charge in [0.1, 0.15) is 5.75 Å². The van der Waals surface area contributed by atoms with E-state index in [9.17, 15) is 22.2 Å². The number of alkyl halides is 3. The highest BCUT2D eigenvalue weighted by molar-refractivity contribution is 7.85. The first kappa shape index (κ1) is 16.0. The fourth-order valence-corrected chi connectivity index (χ4v) is 2.75. The lowest BCUT2D eigenvalue weighted by atomic mass is 10.3. The van der Waals surface area contributed by atoms with Crippen molar-refractivity contribution in [3.8, 4) is 5.75 Å². The van der Waals surface area contributed by atoms with Crippen molar-refractivity contribution in [2.24, 2.45) is 0 Å². The van der Waals surface area contributed by atoms with E-state index in [2.05, 4.69) is 10.1 Å². The number of hydrogen-bond acceptors (Lipinski definition) is 3. The quantitative estimate of drug-likeness (QED) is 0.856. The molecule has 0 saturated carbocycles. The Hall–Kier alpha value is -2.35. The molecule has 0 aliphatic carbocycles. The molecule has 8 heteroatoms. The number of hydrogen-bond donors (Lipinski definition) is 1. The Kier molecular flexibility index (Phi) is 4.81. The molecule has 2 aromatic rings. The number of halogens is 3. The van der Waals surface area contributed by atoms with Gasteiger partial charge in [-0.15, -0.1) is 13.2 Å². The van der Waals surface area contributed by atoms with E-state index in [-0.39, 0.29) is 4.90 Å². The first-order valence-corrected chi connectivity index (χ1v) is 7.12. The molecule has 0 heterocycles. The maximum Gasteiger partial charge on any atom is 0.573 e. The van der Waals surface area contributed by atoms with E-state index < -0.39 is 22.9 Å². The van der Waals surface area contributed by atoms with E-state index >= 15 is 0 Å². The molecule has 0 aliphatic rings. The summed E-state index contributed by atoms with van der Waals surface area (Å²) in [5.41, 5.74) is 0.518. The van der Waals surface area contributed by atoms with Crippen molar-refractivity contribution in [1.82, 2.24) is 0 Å². The minimum Gasteiger partial charge on any atom is -0.406 e. The maximum atomic E-state index is 12.3. The molecule has 2 aromatic carbocycles. The molecule has 1 unspecified atom stereocenters. The predicted octanol–water partition coefficient (Wildman–Crippen LogP) is 3.32. The maximum absolute atomic E-state index is 12.3. The van der Waals surface area contributed by atoms with Crippen molar-refractivity contribution >= 4 is 22.9 Å². The fourth-order valence-electron chi connectivity index (χ4n) is 1.67. The molecule has 0 aliphatic heterocycles. The van der Waals surface area contributed by atoms with Gasteiger partial charge in [-0.05, 0) is 42.5 Å². The summed E-state index contributed by atoms with van der Waals surface area (Å²) < 4.78 is 52.7. The zero-order chi connectivity index (χ0) is 16.2. The standard InChI is InChI=1S/C14H10F3NO3S/c15-14(16,17)21-11-2-1-3-13(8-11)22(20)12-6-4-10(5-7-12)18-9-19/h1-9H,(H,18,19). The third kappa shape index (κ3) is 4.32. The van der Waals surface area contributed by atoms with Crippen LogP contribution in [0.25, 0.3) is 0 Å². The highest BCUT2D eigenvalue weighted by Crippen LogP contribution is 2.26. The summed E-state index contributed by atoms with van der Waals surface area (Å²) in [4.78, 5) is 10.9. The first-order valence-electron chi connectivity index (χ1n) is 5.97. The van der Waals surface area contributed by atoms with Gasteiger partial charge in [0.15, 0.2) is 0 Å². The van der Waals surface area contributed by atoms with Gasteiger partial charge in [-0.2, -0.15) is 0 Å². The van der Waals surface area contributed by atoms with E-state index in [1.54, 1.807) is 0 Å². The molecule has 1 amide bonds. The largest absolute Gasteiger partial charge is 0.573 e. The monoisotopic (exact) mass is 329 g/mol. The molecule has 0 aromatic heterocycles. The number of nitrogens with one attached hydrogen (secondary N) is 1. The first-order chi connectivity index (χ1) is 10.4. The SMILES string of the molecule is O=CNc1ccc(S(=O)c2cccc(OC(F)(F)F)c2)cc1. The molecule has 0 radical (unpaired) electrons. The molecule has 0 spiro atoms. The van der Waals surface area contributed by atoms with Crippen LogP contribution >= 0.6 is 0 Å². The van der Waals surface area contributed by atoms with Gasteiger partial charge in [0.2, 0.25) is 6.41 Å². The van der Waals surface area contributed by atoms with Crippen molar-refractivity contribution in [2.45, 2.75) is 16.2 Å². The van der Waals surface area contributed by atoms with Crippen molar-refractivity contribution in [3.05, 3.63) is 48.5 Å². The lowest BCUT2D eigenvalue weighted by Crippen LogP contribution is -2.17. The molecular formula is C14H10F3NO3S. The Morgan fingerprint density at radius 3 is 2.32 bits per heavy atom. The van der Waals surface area contributed by atoms with E-state index in [1.165, 1.54) is 36.4 Å². The van der Waals surface area contributed by atoms with Crippen LogP contribution in [0.15, 0.2) is 58.3 Å². The number of rotatable bonds is 5. The van der Waals surface area contributed by atoms with Gasteiger partial charge in [0, 0.05) is 15.5 Å². The fraction of sp³-hybridized carbons (Fsp3) is 0.0714. The summed E-state index contributed by atoms with van der Waals surface area (Å²) >= 11 is 0. The summed E-state index contributed by atoms with van der Waals surface area (Å²) in [5, 5.41) is 2.42. The molecule has 4 nitrogen and oxygen atoms in total. The number of ether oxygens (including phenoxy) is 1. The van der Waals surface area contributed by atoms with Crippen LogP contribution in [0.4, 0.5) is 18.9 Å². The topological polar surface area (TPSA) is 55.4 Å². The summed E-state index contributed by atoms with van der Waals surface area (Å²) in [7, 11) is -1.66. The van der Waals surface area contributed by atoms with Crippen LogP contribution < -0.4 is 10.1 Å². The summed E-state index contributed by atoms with van der Waals surface area (Å²) in [6.07, 6.45) is -4.30. The second-order valence-corrected chi connectivity index (χ2v) is 5.56. The number of carbonyl (C=O) groups is 1. The van der Waals surface area contributed by atoms with Gasteiger partial charge in [-0.1, -0.05) is 6.07 Å². The van der Waals surface area contributed by atoms with Crippen LogP contribution in [0.1, 0.15) is 0 Å². The lowest BCUT2D eigenvalue weighted by Gasteiger charge is -2.10. The summed E-state index contributed by atoms with van der Waals surface area (Å²) in [6.45, 7) is 0. The van der Waals surface area contributed by atoms with Crippen LogP contribution in [0.2, 0.25) is 0 Å². The van der Waals surface area contributed by atoms with Gasteiger partial charge in [0.25, 0.3) is 0 Å². The molecule has 0 bridgehead atoms. The average molecular weight is 329 g/mol. The van der Waals surface area contributed by atoms with E-state index in [4.69, 9.17) is 0 Å². The molecule has 0 fully saturated rings. The average Bonchev–Trinajstić information content (AvgIpc) is 2.46. The van der Waals surface area contributed by atoms with Crippen LogP contribution in [0.5, 0.6) is 5.75 Å². The third-order valence-corrected chi connectivity index (χ3v) is 3.93. The van der Waals surface area contributed by atoms with Gasteiger partial charge < -0.3 is 10.1 Å². The summed E-state index contributed by atoms with van der Waals surface area (Å²) in [6, 6.07) is 11.1. The predicted molar refractivity (Wildman–Crippen MR) is 73.9 cm³/mol. The highest BCUT2D eigenvalue weighted by Gasteiger charge is 2.31. The normalized spacial score (nSPS) is 12.5. The lowest BCUT2D eigenvalue weighted by molar-refractivity contribution is -0.274. The van der Waals surface area contributed by atoms with Crippen LogP contribution in [-0.2, 0) is 15.6 Å². The minimum absolute atomic E-state index is 0.179. The number of amides is 1. The number of carbonyl (C=O) groups excluding carboxylic acids is 1. The Balaban J connectivity index is 2.22. The number of anilines is 1. The Morgan fingerprint density at radius 1 is 1.05 bits per heavy atom. The third-order valence-electron chi connectivity index (χ3n) is 2.55. The summed E-state index contributed by atoms with van der Waals surface area (Å²) in [5.74, 6) is -0.433. The van der Waals surface area contributed by atoms with Crippen molar-refractivity contribution in [3.63, 3.8) is 0 Å². The molecule has 0 saturated heterocycles. The minimum atomic E-state index is -4.80. The Bertz CT molecular complexity index is 686. The van der Waals surface area contributed by atoms with Crippen LogP contribution in [0, 0.1) is 0 Å². The highest BCUT2D eigenvalue weighted by atomic mass is 32.2. The second kappa shape index (κ2) is 6.61. The van der Waals surface area contributed by atoms with Gasteiger partial charge >= 0.3 is 6.36 Å². The van der Waals surface area contributed by atoms with E-state index in [1.807, 2.05) is 0 Å².